The fraction of sp³-hybridized carbons (Fsp3) is 1.00. The summed E-state index contributed by atoms with van der Waals surface area (Å²) in [6.07, 6.45) is 5.36. The Morgan fingerprint density at radius 3 is 2.75 bits per heavy atom. The highest BCUT2D eigenvalue weighted by Crippen LogP contribution is 2.12. The number of piperazine rings is 1. The first-order valence-corrected chi connectivity index (χ1v) is 7.11. The summed E-state index contributed by atoms with van der Waals surface area (Å²) in [4.78, 5) is 2.68. The van der Waals surface area contributed by atoms with Crippen molar-refractivity contribution in [3.8, 4) is 0 Å². The molecule has 0 aromatic carbocycles. The topological polar surface area (TPSA) is 15.3 Å². The van der Waals surface area contributed by atoms with Crippen molar-refractivity contribution in [2.24, 2.45) is 5.92 Å². The van der Waals surface area contributed by atoms with Crippen molar-refractivity contribution in [1.82, 2.24) is 10.2 Å². The van der Waals surface area contributed by atoms with Crippen LogP contribution < -0.4 is 5.32 Å². The summed E-state index contributed by atoms with van der Waals surface area (Å²) in [5, 5.41) is 3.66. The van der Waals surface area contributed by atoms with Gasteiger partial charge in [0.05, 0.1) is 0 Å². The molecule has 2 heteroatoms. The number of nitrogens with zero attached hydrogens (tertiary/aromatic N) is 1. The van der Waals surface area contributed by atoms with Crippen LogP contribution >= 0.6 is 0 Å². The minimum absolute atomic E-state index is 0.722. The minimum Gasteiger partial charge on any atom is -0.311 e. The molecule has 1 fully saturated rings. The van der Waals surface area contributed by atoms with E-state index in [4.69, 9.17) is 0 Å². The molecule has 1 rings (SSSR count). The summed E-state index contributed by atoms with van der Waals surface area (Å²) in [6, 6.07) is 1.46. The molecule has 1 N–H and O–H groups in total. The van der Waals surface area contributed by atoms with Crippen LogP contribution in [0.1, 0.15) is 53.4 Å². The van der Waals surface area contributed by atoms with Gasteiger partial charge in [-0.05, 0) is 38.6 Å². The van der Waals surface area contributed by atoms with Crippen molar-refractivity contribution in [2.45, 2.75) is 65.5 Å². The van der Waals surface area contributed by atoms with E-state index in [1.165, 1.54) is 45.3 Å². The Hall–Kier alpha value is -0.0800. The van der Waals surface area contributed by atoms with E-state index >= 15 is 0 Å². The second-order valence-corrected chi connectivity index (χ2v) is 5.77. The first-order valence-electron chi connectivity index (χ1n) is 7.11. The fourth-order valence-electron chi connectivity index (χ4n) is 2.55. The lowest BCUT2D eigenvalue weighted by Gasteiger charge is -2.39. The van der Waals surface area contributed by atoms with Gasteiger partial charge >= 0.3 is 0 Å². The van der Waals surface area contributed by atoms with E-state index in [2.05, 4.69) is 37.9 Å². The highest BCUT2D eigenvalue weighted by molar-refractivity contribution is 4.83. The van der Waals surface area contributed by atoms with Gasteiger partial charge in [-0.25, -0.2) is 0 Å². The highest BCUT2D eigenvalue weighted by atomic mass is 15.2. The maximum absolute atomic E-state index is 3.66. The Morgan fingerprint density at radius 2 is 2.12 bits per heavy atom. The predicted octanol–water partition coefficient (Wildman–Crippen LogP) is 2.89. The first-order chi connectivity index (χ1) is 7.63. The van der Waals surface area contributed by atoms with E-state index in [1.54, 1.807) is 0 Å². The van der Waals surface area contributed by atoms with Crippen LogP contribution in [0.5, 0.6) is 0 Å². The maximum atomic E-state index is 3.66. The minimum atomic E-state index is 0.722. The van der Waals surface area contributed by atoms with Gasteiger partial charge in [-0.15, -0.1) is 0 Å². The molecule has 0 bridgehead atoms. The Balaban J connectivity index is 2.26. The van der Waals surface area contributed by atoms with Crippen molar-refractivity contribution < 1.29 is 0 Å². The molecular weight excluding hydrogens is 196 g/mol. The van der Waals surface area contributed by atoms with Crippen LogP contribution in [0.25, 0.3) is 0 Å². The van der Waals surface area contributed by atoms with E-state index in [0.717, 1.165) is 18.0 Å². The van der Waals surface area contributed by atoms with Gasteiger partial charge in [-0.2, -0.15) is 0 Å². The highest BCUT2D eigenvalue weighted by Gasteiger charge is 2.23. The van der Waals surface area contributed by atoms with E-state index in [0.29, 0.717) is 0 Å². The Morgan fingerprint density at radius 1 is 1.38 bits per heavy atom. The Kier molecular flexibility index (Phi) is 6.37. The average Bonchev–Trinajstić information content (AvgIpc) is 2.22. The lowest BCUT2D eigenvalue weighted by Crippen LogP contribution is -2.55. The van der Waals surface area contributed by atoms with Crippen molar-refractivity contribution >= 4 is 0 Å². The third-order valence-electron chi connectivity index (χ3n) is 3.64. The van der Waals surface area contributed by atoms with Crippen LogP contribution in [0.15, 0.2) is 0 Å². The zero-order valence-corrected chi connectivity index (χ0v) is 11.6. The number of rotatable bonds is 6. The van der Waals surface area contributed by atoms with Crippen molar-refractivity contribution in [2.75, 3.05) is 19.6 Å². The molecule has 2 unspecified atom stereocenters. The van der Waals surface area contributed by atoms with Gasteiger partial charge in [-0.3, -0.25) is 4.90 Å². The molecule has 1 heterocycles. The molecule has 0 saturated carbocycles. The van der Waals surface area contributed by atoms with Gasteiger partial charge in [0.25, 0.3) is 0 Å². The van der Waals surface area contributed by atoms with E-state index < -0.39 is 0 Å². The molecule has 0 aromatic heterocycles. The van der Waals surface area contributed by atoms with Gasteiger partial charge in [0.15, 0.2) is 0 Å². The van der Waals surface area contributed by atoms with Crippen LogP contribution in [0.3, 0.4) is 0 Å². The molecule has 0 amide bonds. The average molecular weight is 226 g/mol. The molecule has 2 nitrogen and oxygen atoms in total. The van der Waals surface area contributed by atoms with E-state index in [-0.39, 0.29) is 0 Å². The normalized spacial score (nSPS) is 27.6. The number of hydrogen-bond acceptors (Lipinski definition) is 2. The van der Waals surface area contributed by atoms with Crippen LogP contribution in [0.2, 0.25) is 0 Å². The van der Waals surface area contributed by atoms with E-state index in [1.807, 2.05) is 0 Å². The predicted molar refractivity (Wildman–Crippen MR) is 71.8 cm³/mol. The number of hydrogen-bond donors (Lipinski definition) is 1. The van der Waals surface area contributed by atoms with Crippen molar-refractivity contribution in [3.05, 3.63) is 0 Å². The molecule has 0 aliphatic carbocycles. The smallest absolute Gasteiger partial charge is 0.0195 e. The molecule has 96 valence electrons. The third-order valence-corrected chi connectivity index (χ3v) is 3.64. The molecular formula is C14H30N2. The van der Waals surface area contributed by atoms with Crippen LogP contribution in [0.4, 0.5) is 0 Å². The molecule has 0 radical (unpaired) electrons. The zero-order chi connectivity index (χ0) is 12.0. The molecule has 2 atom stereocenters. The van der Waals surface area contributed by atoms with Gasteiger partial charge < -0.3 is 5.32 Å². The van der Waals surface area contributed by atoms with Crippen LogP contribution in [-0.2, 0) is 0 Å². The van der Waals surface area contributed by atoms with Crippen molar-refractivity contribution in [3.63, 3.8) is 0 Å². The summed E-state index contributed by atoms with van der Waals surface area (Å²) in [7, 11) is 0. The molecule has 1 aliphatic rings. The largest absolute Gasteiger partial charge is 0.311 e. The molecule has 16 heavy (non-hydrogen) atoms. The first kappa shape index (κ1) is 14.0. The molecule has 1 aliphatic heterocycles. The monoisotopic (exact) mass is 226 g/mol. The summed E-state index contributed by atoms with van der Waals surface area (Å²) in [5.41, 5.74) is 0. The summed E-state index contributed by atoms with van der Waals surface area (Å²) >= 11 is 0. The SMILES string of the molecule is CCCC1CN(CCCC(C)C)C(C)CN1. The maximum Gasteiger partial charge on any atom is 0.0195 e. The van der Waals surface area contributed by atoms with E-state index in [9.17, 15) is 0 Å². The number of nitrogens with one attached hydrogen (secondary N) is 1. The molecule has 0 spiro atoms. The lowest BCUT2D eigenvalue weighted by molar-refractivity contribution is 0.133. The quantitative estimate of drug-likeness (QED) is 0.749. The lowest BCUT2D eigenvalue weighted by atomic mass is 10.0. The van der Waals surface area contributed by atoms with Gasteiger partial charge in [0.2, 0.25) is 0 Å². The fourth-order valence-corrected chi connectivity index (χ4v) is 2.55. The van der Waals surface area contributed by atoms with Gasteiger partial charge in [-0.1, -0.05) is 27.2 Å². The van der Waals surface area contributed by atoms with Crippen LogP contribution in [0, 0.1) is 5.92 Å². The second-order valence-electron chi connectivity index (χ2n) is 5.77. The standard InChI is InChI=1S/C14H30N2/c1-5-7-14-11-16(13(4)10-15-14)9-6-8-12(2)3/h12-15H,5-11H2,1-4H3. The zero-order valence-electron chi connectivity index (χ0n) is 11.6. The molecule has 1 saturated heterocycles. The second kappa shape index (κ2) is 7.29. The van der Waals surface area contributed by atoms with Crippen molar-refractivity contribution in [1.29, 1.82) is 0 Å². The third kappa shape index (κ3) is 4.84. The summed E-state index contributed by atoms with van der Waals surface area (Å²) in [6.45, 7) is 13.0. The Bertz CT molecular complexity index is 180. The van der Waals surface area contributed by atoms with Gasteiger partial charge in [0.1, 0.15) is 0 Å². The summed E-state index contributed by atoms with van der Waals surface area (Å²) < 4.78 is 0. The summed E-state index contributed by atoms with van der Waals surface area (Å²) in [5.74, 6) is 0.852. The molecule has 0 aromatic rings. The van der Waals surface area contributed by atoms with Gasteiger partial charge in [0, 0.05) is 25.2 Å². The Labute approximate surface area is 102 Å². The van der Waals surface area contributed by atoms with Crippen LogP contribution in [-0.4, -0.2) is 36.6 Å².